The van der Waals surface area contributed by atoms with E-state index < -0.39 is 6.10 Å². The fraction of sp³-hybridized carbons (Fsp3) is 0.556. The summed E-state index contributed by atoms with van der Waals surface area (Å²) in [5.41, 5.74) is 0. The normalized spacial score (nSPS) is 23.4. The van der Waals surface area contributed by atoms with E-state index in [4.69, 9.17) is 4.74 Å². The summed E-state index contributed by atoms with van der Waals surface area (Å²) in [7, 11) is 0. The van der Waals surface area contributed by atoms with E-state index >= 15 is 0 Å². The topological polar surface area (TPSA) is 43.4 Å². The Morgan fingerprint density at radius 1 is 1.67 bits per heavy atom. The number of hydrogen-bond acceptors (Lipinski definition) is 3. The van der Waals surface area contributed by atoms with Crippen LogP contribution in [0.15, 0.2) is 12.2 Å². The molecule has 0 aliphatic heterocycles. The first kappa shape index (κ1) is 8.97. The van der Waals surface area contributed by atoms with E-state index in [1.165, 1.54) is 13.0 Å². The molecule has 3 nitrogen and oxygen atoms in total. The van der Waals surface area contributed by atoms with E-state index in [9.17, 15) is 9.59 Å². The smallest absolute Gasteiger partial charge is 0.303 e. The maximum atomic E-state index is 11.2. The van der Waals surface area contributed by atoms with Crippen LogP contribution in [-0.2, 0) is 14.3 Å². The van der Waals surface area contributed by atoms with E-state index in [1.54, 1.807) is 0 Å². The predicted octanol–water partition coefficient (Wildman–Crippen LogP) is 1.23. The van der Waals surface area contributed by atoms with Gasteiger partial charge in [-0.15, -0.1) is 0 Å². The highest BCUT2D eigenvalue weighted by atomic mass is 16.5. The van der Waals surface area contributed by atoms with Gasteiger partial charge in [-0.1, -0.05) is 6.08 Å². The van der Waals surface area contributed by atoms with Crippen LogP contribution in [-0.4, -0.2) is 17.9 Å². The van der Waals surface area contributed by atoms with Gasteiger partial charge in [0.05, 0.1) is 0 Å². The molecule has 0 amide bonds. The van der Waals surface area contributed by atoms with Crippen LogP contribution in [0.2, 0.25) is 0 Å². The van der Waals surface area contributed by atoms with E-state index in [2.05, 4.69) is 0 Å². The second-order valence-electron chi connectivity index (χ2n) is 2.83. The summed E-state index contributed by atoms with van der Waals surface area (Å²) in [6, 6.07) is 0. The van der Waals surface area contributed by atoms with E-state index in [0.717, 1.165) is 12.8 Å². The van der Waals surface area contributed by atoms with Gasteiger partial charge in [-0.2, -0.15) is 0 Å². The molecule has 12 heavy (non-hydrogen) atoms. The number of hydrogen-bond donors (Lipinski definition) is 0. The van der Waals surface area contributed by atoms with Crippen molar-refractivity contribution in [3.8, 4) is 0 Å². The van der Waals surface area contributed by atoms with Crippen molar-refractivity contribution in [2.24, 2.45) is 0 Å². The Hall–Kier alpha value is -1.12. The number of rotatable bonds is 1. The SMILES string of the molecule is CC(=O)OC1CCCC=CC1=O. The third-order valence-corrected chi connectivity index (χ3v) is 1.74. The van der Waals surface area contributed by atoms with Gasteiger partial charge >= 0.3 is 5.97 Å². The van der Waals surface area contributed by atoms with Gasteiger partial charge in [0.25, 0.3) is 0 Å². The lowest BCUT2D eigenvalue weighted by Gasteiger charge is -2.11. The van der Waals surface area contributed by atoms with Crippen molar-refractivity contribution in [2.75, 3.05) is 0 Å². The van der Waals surface area contributed by atoms with Crippen LogP contribution in [0.25, 0.3) is 0 Å². The fourth-order valence-electron chi connectivity index (χ4n) is 1.19. The van der Waals surface area contributed by atoms with Crippen molar-refractivity contribution >= 4 is 11.8 Å². The summed E-state index contributed by atoms with van der Waals surface area (Å²) in [6.45, 7) is 1.32. The molecule has 66 valence electrons. The van der Waals surface area contributed by atoms with Gasteiger partial charge in [-0.3, -0.25) is 9.59 Å². The van der Waals surface area contributed by atoms with Gasteiger partial charge in [-0.05, 0) is 25.3 Å². The average Bonchev–Trinajstić information content (AvgIpc) is 2.16. The maximum Gasteiger partial charge on any atom is 0.303 e. The summed E-state index contributed by atoms with van der Waals surface area (Å²) >= 11 is 0. The highest BCUT2D eigenvalue weighted by Gasteiger charge is 2.19. The molecule has 0 aromatic carbocycles. The summed E-state index contributed by atoms with van der Waals surface area (Å²) in [6.07, 6.45) is 5.22. The van der Waals surface area contributed by atoms with Crippen LogP contribution in [0.4, 0.5) is 0 Å². The highest BCUT2D eigenvalue weighted by molar-refractivity contribution is 5.94. The van der Waals surface area contributed by atoms with Gasteiger partial charge in [0.15, 0.2) is 11.9 Å². The Kier molecular flexibility index (Phi) is 3.02. The molecule has 1 aliphatic carbocycles. The molecule has 0 aromatic heterocycles. The van der Waals surface area contributed by atoms with Crippen LogP contribution in [0, 0.1) is 0 Å². The second kappa shape index (κ2) is 4.04. The Labute approximate surface area is 71.4 Å². The number of ether oxygens (including phenoxy) is 1. The lowest BCUT2D eigenvalue weighted by atomic mass is 10.1. The lowest BCUT2D eigenvalue weighted by molar-refractivity contribution is -0.151. The monoisotopic (exact) mass is 168 g/mol. The molecule has 0 N–H and O–H groups in total. The molecular formula is C9H12O3. The van der Waals surface area contributed by atoms with Crippen molar-refractivity contribution in [2.45, 2.75) is 32.3 Å². The van der Waals surface area contributed by atoms with Gasteiger partial charge in [0, 0.05) is 6.92 Å². The van der Waals surface area contributed by atoms with Crippen molar-refractivity contribution in [1.29, 1.82) is 0 Å². The maximum absolute atomic E-state index is 11.2. The number of carbonyl (C=O) groups excluding carboxylic acids is 2. The molecule has 1 atom stereocenters. The highest BCUT2D eigenvalue weighted by Crippen LogP contribution is 2.12. The second-order valence-corrected chi connectivity index (χ2v) is 2.83. The molecule has 0 saturated carbocycles. The minimum Gasteiger partial charge on any atom is -0.454 e. The first-order valence-electron chi connectivity index (χ1n) is 4.08. The zero-order chi connectivity index (χ0) is 8.97. The molecule has 0 saturated heterocycles. The van der Waals surface area contributed by atoms with Crippen LogP contribution >= 0.6 is 0 Å². The van der Waals surface area contributed by atoms with Crippen molar-refractivity contribution in [3.05, 3.63) is 12.2 Å². The van der Waals surface area contributed by atoms with Gasteiger partial charge < -0.3 is 4.74 Å². The molecule has 0 bridgehead atoms. The quantitative estimate of drug-likeness (QED) is 0.553. The lowest BCUT2D eigenvalue weighted by Crippen LogP contribution is -2.23. The van der Waals surface area contributed by atoms with E-state index in [1.807, 2.05) is 6.08 Å². The summed E-state index contributed by atoms with van der Waals surface area (Å²) in [5.74, 6) is -0.480. The first-order chi connectivity index (χ1) is 5.70. The van der Waals surface area contributed by atoms with Crippen molar-refractivity contribution < 1.29 is 14.3 Å². The zero-order valence-electron chi connectivity index (χ0n) is 7.08. The molecular weight excluding hydrogens is 156 g/mol. The van der Waals surface area contributed by atoms with Crippen LogP contribution in [0.5, 0.6) is 0 Å². The van der Waals surface area contributed by atoms with Crippen molar-refractivity contribution in [1.82, 2.24) is 0 Å². The average molecular weight is 168 g/mol. The molecule has 0 heterocycles. The molecule has 1 unspecified atom stereocenters. The van der Waals surface area contributed by atoms with Crippen LogP contribution in [0.3, 0.4) is 0 Å². The third-order valence-electron chi connectivity index (χ3n) is 1.74. The zero-order valence-corrected chi connectivity index (χ0v) is 7.08. The van der Waals surface area contributed by atoms with E-state index in [0.29, 0.717) is 6.42 Å². The molecule has 3 heteroatoms. The summed E-state index contributed by atoms with van der Waals surface area (Å²) < 4.78 is 4.84. The Bertz CT molecular complexity index is 218. The largest absolute Gasteiger partial charge is 0.454 e. The Morgan fingerprint density at radius 2 is 2.42 bits per heavy atom. The van der Waals surface area contributed by atoms with Gasteiger partial charge in [-0.25, -0.2) is 0 Å². The first-order valence-corrected chi connectivity index (χ1v) is 4.08. The van der Waals surface area contributed by atoms with Crippen molar-refractivity contribution in [3.63, 3.8) is 0 Å². The molecule has 1 rings (SSSR count). The number of ketones is 1. The van der Waals surface area contributed by atoms with Crippen LogP contribution < -0.4 is 0 Å². The summed E-state index contributed by atoms with van der Waals surface area (Å²) in [5, 5.41) is 0. The summed E-state index contributed by atoms with van der Waals surface area (Å²) in [4.78, 5) is 21.8. The Morgan fingerprint density at radius 3 is 3.08 bits per heavy atom. The number of esters is 1. The molecule has 0 fully saturated rings. The van der Waals surface area contributed by atoms with Gasteiger partial charge in [0.1, 0.15) is 0 Å². The standard InChI is InChI=1S/C9H12O3/c1-7(10)12-9-6-4-2-3-5-8(9)11/h3,5,9H,2,4,6H2,1H3. The third kappa shape index (κ3) is 2.49. The minimum atomic E-state index is -0.541. The molecule has 0 radical (unpaired) electrons. The predicted molar refractivity (Wildman–Crippen MR) is 43.6 cm³/mol. The van der Waals surface area contributed by atoms with Crippen LogP contribution in [0.1, 0.15) is 26.2 Å². The fourth-order valence-corrected chi connectivity index (χ4v) is 1.19. The molecule has 1 aliphatic rings. The van der Waals surface area contributed by atoms with Gasteiger partial charge in [0.2, 0.25) is 0 Å². The molecule has 0 aromatic rings. The Balaban J connectivity index is 2.55. The minimum absolute atomic E-state index is 0.0947. The molecule has 0 spiro atoms. The number of allylic oxidation sites excluding steroid dienone is 1. The van der Waals surface area contributed by atoms with E-state index in [-0.39, 0.29) is 11.8 Å². The number of carbonyl (C=O) groups is 2.